The van der Waals surface area contributed by atoms with E-state index in [2.05, 4.69) is 10.3 Å². The van der Waals surface area contributed by atoms with Gasteiger partial charge >= 0.3 is 0 Å². The zero-order valence-electron chi connectivity index (χ0n) is 13.5. The summed E-state index contributed by atoms with van der Waals surface area (Å²) in [7, 11) is 0. The highest BCUT2D eigenvalue weighted by atomic mass is 19.1. The van der Waals surface area contributed by atoms with Crippen LogP contribution in [0, 0.1) is 5.82 Å². The van der Waals surface area contributed by atoms with Crippen LogP contribution in [0.2, 0.25) is 0 Å². The number of primary amides is 1. The lowest BCUT2D eigenvalue weighted by atomic mass is 10.0. The van der Waals surface area contributed by atoms with Gasteiger partial charge in [0.15, 0.2) is 0 Å². The standard InChI is InChI=1S/C19H18FN3O2/c20-14-5-3-4-12(8-14)9-18(24)23-17(19(21)25)10-13-11-22-16-7-2-1-6-15(13)16/h1-8,11,17,22H,9-10H2,(H2,21,25)(H,23,24)/t17-/m1/s1. The number of nitrogens with one attached hydrogen (secondary N) is 2. The number of hydrogen-bond acceptors (Lipinski definition) is 2. The van der Waals surface area contributed by atoms with Crippen LogP contribution in [0.4, 0.5) is 4.39 Å². The minimum Gasteiger partial charge on any atom is -0.368 e. The first-order valence-corrected chi connectivity index (χ1v) is 7.91. The molecule has 0 unspecified atom stereocenters. The van der Waals surface area contributed by atoms with Gasteiger partial charge in [-0.15, -0.1) is 0 Å². The number of amides is 2. The Kier molecular flexibility index (Phi) is 4.79. The Morgan fingerprint density at radius 1 is 1.16 bits per heavy atom. The molecular weight excluding hydrogens is 321 g/mol. The average Bonchev–Trinajstić information content (AvgIpc) is 2.97. The maximum atomic E-state index is 13.2. The van der Waals surface area contributed by atoms with Gasteiger partial charge in [0.1, 0.15) is 11.9 Å². The predicted octanol–water partition coefficient (Wildman–Crippen LogP) is 2.06. The van der Waals surface area contributed by atoms with Crippen molar-refractivity contribution in [2.45, 2.75) is 18.9 Å². The molecule has 3 aromatic rings. The highest BCUT2D eigenvalue weighted by Gasteiger charge is 2.20. The second kappa shape index (κ2) is 7.17. The van der Waals surface area contributed by atoms with Crippen LogP contribution >= 0.6 is 0 Å². The number of fused-ring (bicyclic) bond motifs is 1. The molecule has 3 rings (SSSR count). The largest absolute Gasteiger partial charge is 0.368 e. The van der Waals surface area contributed by atoms with E-state index in [1.54, 1.807) is 12.3 Å². The van der Waals surface area contributed by atoms with E-state index in [9.17, 15) is 14.0 Å². The molecule has 4 N–H and O–H groups in total. The van der Waals surface area contributed by atoms with Crippen LogP contribution in [-0.4, -0.2) is 22.8 Å². The van der Waals surface area contributed by atoms with Gasteiger partial charge in [-0.3, -0.25) is 9.59 Å². The van der Waals surface area contributed by atoms with Crippen LogP contribution in [-0.2, 0) is 22.4 Å². The van der Waals surface area contributed by atoms with Gasteiger partial charge < -0.3 is 16.0 Å². The summed E-state index contributed by atoms with van der Waals surface area (Å²) in [4.78, 5) is 27.0. The number of rotatable bonds is 6. The summed E-state index contributed by atoms with van der Waals surface area (Å²) < 4.78 is 13.2. The third kappa shape index (κ3) is 4.03. The first-order valence-electron chi connectivity index (χ1n) is 7.91. The zero-order valence-corrected chi connectivity index (χ0v) is 13.5. The van der Waals surface area contributed by atoms with Crippen LogP contribution in [0.15, 0.2) is 54.7 Å². The Hall–Kier alpha value is -3.15. The van der Waals surface area contributed by atoms with Gasteiger partial charge in [-0.25, -0.2) is 4.39 Å². The molecule has 0 bridgehead atoms. The third-order valence-electron chi connectivity index (χ3n) is 4.03. The molecule has 0 aliphatic heterocycles. The van der Waals surface area contributed by atoms with Gasteiger partial charge in [0, 0.05) is 23.5 Å². The highest BCUT2D eigenvalue weighted by Crippen LogP contribution is 2.19. The van der Waals surface area contributed by atoms with E-state index in [0.29, 0.717) is 5.56 Å². The summed E-state index contributed by atoms with van der Waals surface area (Å²) >= 11 is 0. The second-order valence-corrected chi connectivity index (χ2v) is 5.89. The smallest absolute Gasteiger partial charge is 0.240 e. The van der Waals surface area contributed by atoms with E-state index in [4.69, 9.17) is 5.73 Å². The third-order valence-corrected chi connectivity index (χ3v) is 4.03. The number of hydrogen-bond donors (Lipinski definition) is 3. The number of para-hydroxylation sites is 1. The number of H-pyrrole nitrogens is 1. The lowest BCUT2D eigenvalue weighted by Crippen LogP contribution is -2.46. The Bertz CT molecular complexity index is 920. The molecule has 25 heavy (non-hydrogen) atoms. The number of carbonyl (C=O) groups excluding carboxylic acids is 2. The molecule has 0 saturated heterocycles. The summed E-state index contributed by atoms with van der Waals surface area (Å²) in [6, 6.07) is 12.6. The lowest BCUT2D eigenvalue weighted by Gasteiger charge is -2.15. The molecule has 1 aromatic heterocycles. The van der Waals surface area contributed by atoms with E-state index < -0.39 is 17.8 Å². The van der Waals surface area contributed by atoms with Crippen LogP contribution in [0.1, 0.15) is 11.1 Å². The molecule has 0 aliphatic rings. The van der Waals surface area contributed by atoms with Gasteiger partial charge in [-0.2, -0.15) is 0 Å². The SMILES string of the molecule is NC(=O)[C@@H](Cc1c[nH]c2ccccc12)NC(=O)Cc1cccc(F)c1. The lowest BCUT2D eigenvalue weighted by molar-refractivity contribution is -0.126. The predicted molar refractivity (Wildman–Crippen MR) is 93.2 cm³/mol. The van der Waals surface area contributed by atoms with Crippen molar-refractivity contribution in [2.24, 2.45) is 5.73 Å². The maximum Gasteiger partial charge on any atom is 0.240 e. The molecule has 0 fully saturated rings. The number of halogens is 1. The van der Waals surface area contributed by atoms with Crippen molar-refractivity contribution in [3.63, 3.8) is 0 Å². The number of aromatic amines is 1. The Morgan fingerprint density at radius 3 is 2.72 bits per heavy atom. The Balaban J connectivity index is 1.71. The van der Waals surface area contributed by atoms with Crippen molar-refractivity contribution in [1.29, 1.82) is 0 Å². The molecule has 2 aromatic carbocycles. The van der Waals surface area contributed by atoms with Crippen molar-refractivity contribution >= 4 is 22.7 Å². The van der Waals surface area contributed by atoms with Crippen molar-refractivity contribution in [2.75, 3.05) is 0 Å². The van der Waals surface area contributed by atoms with Crippen LogP contribution in [0.25, 0.3) is 10.9 Å². The van der Waals surface area contributed by atoms with Gasteiger partial charge in [0.2, 0.25) is 11.8 Å². The molecule has 128 valence electrons. The molecule has 5 nitrogen and oxygen atoms in total. The molecule has 0 aliphatic carbocycles. The highest BCUT2D eigenvalue weighted by molar-refractivity contribution is 5.89. The maximum absolute atomic E-state index is 13.2. The normalized spacial score (nSPS) is 12.0. The van der Waals surface area contributed by atoms with E-state index in [0.717, 1.165) is 16.5 Å². The molecule has 0 spiro atoms. The van der Waals surface area contributed by atoms with E-state index in [1.165, 1.54) is 18.2 Å². The topological polar surface area (TPSA) is 88.0 Å². The Labute approximate surface area is 144 Å². The van der Waals surface area contributed by atoms with Crippen molar-refractivity contribution < 1.29 is 14.0 Å². The quantitative estimate of drug-likeness (QED) is 0.642. The molecule has 1 heterocycles. The summed E-state index contributed by atoms with van der Waals surface area (Å²) in [5.74, 6) is -1.40. The number of aromatic nitrogens is 1. The van der Waals surface area contributed by atoms with Crippen molar-refractivity contribution in [3.05, 3.63) is 71.7 Å². The summed E-state index contributed by atoms with van der Waals surface area (Å²) in [6.07, 6.45) is 2.07. The van der Waals surface area contributed by atoms with Gasteiger partial charge in [-0.05, 0) is 29.3 Å². The molecule has 0 radical (unpaired) electrons. The fourth-order valence-corrected chi connectivity index (χ4v) is 2.82. The number of benzene rings is 2. The fraction of sp³-hybridized carbons (Fsp3) is 0.158. The summed E-state index contributed by atoms with van der Waals surface area (Å²) in [5.41, 5.74) is 7.82. The van der Waals surface area contributed by atoms with Crippen LogP contribution in [0.5, 0.6) is 0 Å². The first kappa shape index (κ1) is 16.7. The van der Waals surface area contributed by atoms with E-state index in [1.807, 2.05) is 24.3 Å². The van der Waals surface area contributed by atoms with Crippen LogP contribution in [0.3, 0.4) is 0 Å². The number of nitrogens with two attached hydrogens (primary N) is 1. The van der Waals surface area contributed by atoms with E-state index >= 15 is 0 Å². The van der Waals surface area contributed by atoms with Crippen molar-refractivity contribution in [1.82, 2.24) is 10.3 Å². The van der Waals surface area contributed by atoms with Crippen LogP contribution < -0.4 is 11.1 Å². The first-order chi connectivity index (χ1) is 12.0. The Morgan fingerprint density at radius 2 is 1.96 bits per heavy atom. The van der Waals surface area contributed by atoms with E-state index in [-0.39, 0.29) is 18.7 Å². The molecular formula is C19H18FN3O2. The summed E-state index contributed by atoms with van der Waals surface area (Å²) in [5, 5.41) is 3.62. The molecule has 6 heteroatoms. The fourth-order valence-electron chi connectivity index (χ4n) is 2.82. The average molecular weight is 339 g/mol. The monoisotopic (exact) mass is 339 g/mol. The van der Waals surface area contributed by atoms with Gasteiger partial charge in [0.25, 0.3) is 0 Å². The van der Waals surface area contributed by atoms with Crippen molar-refractivity contribution in [3.8, 4) is 0 Å². The molecule has 2 amide bonds. The minimum atomic E-state index is -0.833. The summed E-state index contributed by atoms with van der Waals surface area (Å²) in [6.45, 7) is 0. The second-order valence-electron chi connectivity index (χ2n) is 5.89. The zero-order chi connectivity index (χ0) is 17.8. The van der Waals surface area contributed by atoms with Gasteiger partial charge in [-0.1, -0.05) is 30.3 Å². The van der Waals surface area contributed by atoms with Gasteiger partial charge in [0.05, 0.1) is 6.42 Å². The minimum absolute atomic E-state index is 0.0184. The molecule has 0 saturated carbocycles. The number of carbonyl (C=O) groups is 2. The molecule has 1 atom stereocenters.